The number of para-hydroxylation sites is 1. The summed E-state index contributed by atoms with van der Waals surface area (Å²) in [6.45, 7) is 7.68. The van der Waals surface area contributed by atoms with Crippen LogP contribution in [0.4, 0.5) is 5.69 Å². The molecule has 0 saturated carbocycles. The molecule has 1 heterocycles. The van der Waals surface area contributed by atoms with Crippen LogP contribution in [-0.4, -0.2) is 34.3 Å². The van der Waals surface area contributed by atoms with Crippen molar-refractivity contribution in [2.24, 2.45) is 0 Å². The minimum absolute atomic E-state index is 0.00316. The maximum Gasteiger partial charge on any atom is 0.253 e. The second kappa shape index (κ2) is 6.74. The number of benzene rings is 1. The fraction of sp³-hybridized carbons (Fsp3) is 0.471. The van der Waals surface area contributed by atoms with Gasteiger partial charge in [0.2, 0.25) is 5.91 Å². The SMILES string of the molecule is CC(=O)SC1CC(=O)N(c2ccccc2C(=O)NC(C)(C)C)C1. The van der Waals surface area contributed by atoms with Crippen LogP contribution in [0.3, 0.4) is 0 Å². The van der Waals surface area contributed by atoms with Gasteiger partial charge < -0.3 is 10.2 Å². The highest BCUT2D eigenvalue weighted by atomic mass is 32.2. The third-order valence-electron chi connectivity index (χ3n) is 3.35. The van der Waals surface area contributed by atoms with E-state index < -0.39 is 0 Å². The normalized spacial score (nSPS) is 18.2. The summed E-state index contributed by atoms with van der Waals surface area (Å²) in [6, 6.07) is 7.08. The van der Waals surface area contributed by atoms with Crippen molar-refractivity contribution in [3.63, 3.8) is 0 Å². The molecule has 1 N–H and O–H groups in total. The van der Waals surface area contributed by atoms with Crippen LogP contribution in [-0.2, 0) is 9.59 Å². The Hall–Kier alpha value is -1.82. The van der Waals surface area contributed by atoms with Crippen LogP contribution in [0.1, 0.15) is 44.5 Å². The summed E-state index contributed by atoms with van der Waals surface area (Å²) in [5.74, 6) is -0.261. The van der Waals surface area contributed by atoms with Gasteiger partial charge >= 0.3 is 0 Å². The maximum absolute atomic E-state index is 12.5. The van der Waals surface area contributed by atoms with Gasteiger partial charge in [-0.2, -0.15) is 0 Å². The predicted octanol–water partition coefficient (Wildman–Crippen LogP) is 2.60. The molecule has 1 aliphatic rings. The number of rotatable bonds is 3. The van der Waals surface area contributed by atoms with Crippen LogP contribution in [0.5, 0.6) is 0 Å². The zero-order chi connectivity index (χ0) is 17.2. The van der Waals surface area contributed by atoms with E-state index >= 15 is 0 Å². The third kappa shape index (κ3) is 4.58. The van der Waals surface area contributed by atoms with E-state index in [-0.39, 0.29) is 27.7 Å². The Morgan fingerprint density at radius 1 is 1.26 bits per heavy atom. The molecule has 0 radical (unpaired) electrons. The van der Waals surface area contributed by atoms with Crippen molar-refractivity contribution >= 4 is 34.4 Å². The zero-order valence-electron chi connectivity index (χ0n) is 13.9. The number of carbonyl (C=O) groups is 3. The van der Waals surface area contributed by atoms with Crippen molar-refractivity contribution < 1.29 is 14.4 Å². The topological polar surface area (TPSA) is 66.5 Å². The lowest BCUT2D eigenvalue weighted by Crippen LogP contribution is -2.41. The molecule has 0 spiro atoms. The van der Waals surface area contributed by atoms with Gasteiger partial charge in [-0.1, -0.05) is 23.9 Å². The van der Waals surface area contributed by atoms with Gasteiger partial charge in [-0.3, -0.25) is 14.4 Å². The first-order valence-electron chi connectivity index (χ1n) is 7.56. The van der Waals surface area contributed by atoms with Gasteiger partial charge in [-0.15, -0.1) is 0 Å². The number of anilines is 1. The molecule has 0 aromatic heterocycles. The van der Waals surface area contributed by atoms with E-state index in [1.807, 2.05) is 26.8 Å². The van der Waals surface area contributed by atoms with Crippen molar-refractivity contribution in [2.75, 3.05) is 11.4 Å². The highest BCUT2D eigenvalue weighted by molar-refractivity contribution is 8.14. The predicted molar refractivity (Wildman–Crippen MR) is 92.7 cm³/mol. The molecule has 0 bridgehead atoms. The number of amides is 2. The number of hydrogen-bond donors (Lipinski definition) is 1. The number of nitrogens with one attached hydrogen (secondary N) is 1. The second-order valence-electron chi connectivity index (χ2n) is 6.66. The highest BCUT2D eigenvalue weighted by Gasteiger charge is 2.34. The molecule has 2 amide bonds. The van der Waals surface area contributed by atoms with Crippen LogP contribution in [0.2, 0.25) is 0 Å². The summed E-state index contributed by atoms with van der Waals surface area (Å²) in [5.41, 5.74) is 0.724. The molecule has 0 aliphatic carbocycles. The van der Waals surface area contributed by atoms with E-state index in [0.29, 0.717) is 24.2 Å². The molecule has 1 fully saturated rings. The van der Waals surface area contributed by atoms with Crippen LogP contribution in [0.15, 0.2) is 24.3 Å². The molecule has 5 nitrogen and oxygen atoms in total. The zero-order valence-corrected chi connectivity index (χ0v) is 14.7. The smallest absolute Gasteiger partial charge is 0.253 e. The maximum atomic E-state index is 12.5. The third-order valence-corrected chi connectivity index (χ3v) is 4.33. The largest absolute Gasteiger partial charge is 0.347 e. The second-order valence-corrected chi connectivity index (χ2v) is 8.14. The molecule has 2 rings (SSSR count). The monoisotopic (exact) mass is 334 g/mol. The molecular formula is C17H22N2O3S. The fourth-order valence-corrected chi connectivity index (χ4v) is 3.45. The molecule has 23 heavy (non-hydrogen) atoms. The Kier molecular flexibility index (Phi) is 5.14. The molecular weight excluding hydrogens is 312 g/mol. The number of thioether (sulfide) groups is 1. The summed E-state index contributed by atoms with van der Waals surface area (Å²) >= 11 is 1.19. The van der Waals surface area contributed by atoms with E-state index in [0.717, 1.165) is 0 Å². The summed E-state index contributed by atoms with van der Waals surface area (Å²) in [5, 5.41) is 2.87. The van der Waals surface area contributed by atoms with Crippen molar-refractivity contribution in [1.82, 2.24) is 5.32 Å². The van der Waals surface area contributed by atoms with E-state index in [1.165, 1.54) is 18.7 Å². The Labute approximate surface area is 140 Å². The summed E-state index contributed by atoms with van der Waals surface area (Å²) in [6.07, 6.45) is 0.319. The van der Waals surface area contributed by atoms with Crippen molar-refractivity contribution in [3.8, 4) is 0 Å². The Morgan fingerprint density at radius 3 is 2.52 bits per heavy atom. The lowest BCUT2D eigenvalue weighted by atomic mass is 10.1. The van der Waals surface area contributed by atoms with Crippen molar-refractivity contribution in [3.05, 3.63) is 29.8 Å². The molecule has 1 unspecified atom stereocenters. The summed E-state index contributed by atoms with van der Waals surface area (Å²) < 4.78 is 0. The van der Waals surface area contributed by atoms with E-state index in [4.69, 9.17) is 0 Å². The van der Waals surface area contributed by atoms with Crippen LogP contribution < -0.4 is 10.2 Å². The summed E-state index contributed by atoms with van der Waals surface area (Å²) in [7, 11) is 0. The molecule has 124 valence electrons. The number of carbonyl (C=O) groups excluding carboxylic acids is 3. The number of hydrogen-bond acceptors (Lipinski definition) is 4. The first kappa shape index (κ1) is 17.5. The Bertz CT molecular complexity index is 637. The fourth-order valence-electron chi connectivity index (χ4n) is 2.53. The lowest BCUT2D eigenvalue weighted by Gasteiger charge is -2.24. The lowest BCUT2D eigenvalue weighted by molar-refractivity contribution is -0.117. The quantitative estimate of drug-likeness (QED) is 0.923. The molecule has 1 aromatic carbocycles. The van der Waals surface area contributed by atoms with Crippen LogP contribution >= 0.6 is 11.8 Å². The standard InChI is InChI=1S/C17H22N2O3S/c1-11(20)23-12-9-15(21)19(10-12)14-8-6-5-7-13(14)16(22)18-17(2,3)4/h5-8,12H,9-10H2,1-4H3,(H,18,22). The van der Waals surface area contributed by atoms with E-state index in [1.54, 1.807) is 23.1 Å². The summed E-state index contributed by atoms with van der Waals surface area (Å²) in [4.78, 5) is 37.7. The van der Waals surface area contributed by atoms with Gasteiger partial charge in [0, 0.05) is 30.7 Å². The van der Waals surface area contributed by atoms with Crippen molar-refractivity contribution in [1.29, 1.82) is 0 Å². The van der Waals surface area contributed by atoms with Gasteiger partial charge in [-0.05, 0) is 32.9 Å². The molecule has 6 heteroatoms. The van der Waals surface area contributed by atoms with Gasteiger partial charge in [0.05, 0.1) is 11.3 Å². The van der Waals surface area contributed by atoms with Gasteiger partial charge in [0.1, 0.15) is 0 Å². The highest BCUT2D eigenvalue weighted by Crippen LogP contribution is 2.30. The Morgan fingerprint density at radius 2 is 1.91 bits per heavy atom. The minimum Gasteiger partial charge on any atom is -0.347 e. The minimum atomic E-state index is -0.355. The first-order chi connectivity index (χ1) is 10.7. The van der Waals surface area contributed by atoms with Gasteiger partial charge in [0.15, 0.2) is 5.12 Å². The van der Waals surface area contributed by atoms with Crippen LogP contribution in [0, 0.1) is 0 Å². The van der Waals surface area contributed by atoms with Crippen LogP contribution in [0.25, 0.3) is 0 Å². The Balaban J connectivity index is 2.25. The van der Waals surface area contributed by atoms with E-state index in [9.17, 15) is 14.4 Å². The average molecular weight is 334 g/mol. The molecule has 1 aromatic rings. The van der Waals surface area contributed by atoms with Gasteiger partial charge in [0.25, 0.3) is 5.91 Å². The first-order valence-corrected chi connectivity index (χ1v) is 8.44. The van der Waals surface area contributed by atoms with Crippen molar-refractivity contribution in [2.45, 2.75) is 44.9 Å². The molecule has 1 aliphatic heterocycles. The van der Waals surface area contributed by atoms with Gasteiger partial charge in [-0.25, -0.2) is 0 Å². The molecule has 1 saturated heterocycles. The number of nitrogens with zero attached hydrogens (tertiary/aromatic N) is 1. The van der Waals surface area contributed by atoms with E-state index in [2.05, 4.69) is 5.32 Å². The molecule has 1 atom stereocenters. The average Bonchev–Trinajstić information content (AvgIpc) is 2.76.